The first-order valence-electron chi connectivity index (χ1n) is 36.3. The van der Waals surface area contributed by atoms with Crippen LogP contribution in [0.1, 0.15) is 166 Å². The number of halogens is 6. The molecule has 0 saturated carbocycles. The van der Waals surface area contributed by atoms with Crippen LogP contribution in [-0.2, 0) is 42.3 Å². The molecule has 3 aliphatic heterocycles. The second-order valence-corrected chi connectivity index (χ2v) is 28.2. The molecule has 556 valence electrons. The van der Waals surface area contributed by atoms with E-state index < -0.39 is 68.6 Å². The Morgan fingerprint density at radius 1 is 0.426 bits per heavy atom. The normalized spacial score (nSPS) is 20.2. The number of nitrogens with zero attached hydrogens (tertiary/aromatic N) is 9. The van der Waals surface area contributed by atoms with Crippen LogP contribution in [0.25, 0.3) is 12.2 Å². The Labute approximate surface area is 618 Å². The zero-order valence-electron chi connectivity index (χ0n) is 59.4. The number of unbranched alkanes of at least 4 members (excludes halogenated alkanes) is 2. The molecule has 3 aromatic heterocycles. The van der Waals surface area contributed by atoms with Gasteiger partial charge in [0.2, 0.25) is 16.3 Å². The average molecular weight is 1470 g/mol. The maximum atomic E-state index is 14.8. The van der Waals surface area contributed by atoms with E-state index in [1.54, 1.807) is 36.4 Å². The van der Waals surface area contributed by atoms with Gasteiger partial charge in [0.15, 0.2) is 69.2 Å². The molecule has 108 heavy (non-hydrogen) atoms. The highest BCUT2D eigenvalue weighted by Gasteiger charge is 2.61. The van der Waals surface area contributed by atoms with E-state index in [9.17, 15) is 60.2 Å². The molecule has 0 saturated heterocycles. The van der Waals surface area contributed by atoms with E-state index in [1.165, 1.54) is 65.5 Å². The summed E-state index contributed by atoms with van der Waals surface area (Å²) < 4.78 is 104. The molecular formula is C84H79F6N9O9. The number of pyridine rings is 3. The zero-order valence-corrected chi connectivity index (χ0v) is 59.4. The number of aromatic hydroxyl groups is 1. The highest BCUT2D eigenvalue weighted by Crippen LogP contribution is 2.60. The van der Waals surface area contributed by atoms with Crippen LogP contribution in [-0.4, -0.2) is 104 Å². The predicted octanol–water partition coefficient (Wildman–Crippen LogP) is 12.7. The number of benzene rings is 6. The van der Waals surface area contributed by atoms with Gasteiger partial charge in [0.25, 0.3) is 17.7 Å². The van der Waals surface area contributed by atoms with Crippen LogP contribution < -0.4 is 40.8 Å². The number of rotatable bonds is 14. The second-order valence-electron chi connectivity index (χ2n) is 28.2. The molecule has 6 aliphatic carbocycles. The Morgan fingerprint density at radius 3 is 1.43 bits per heavy atom. The number of hydrogen-bond donors (Lipinski definition) is 1. The second kappa shape index (κ2) is 27.3. The first kappa shape index (κ1) is 72.0. The summed E-state index contributed by atoms with van der Waals surface area (Å²) in [5.74, 6) is -7.16. The third-order valence-electron chi connectivity index (χ3n) is 22.7. The molecule has 0 bridgehead atoms. The topological polar surface area (TPSA) is 175 Å². The van der Waals surface area contributed by atoms with E-state index in [0.29, 0.717) is 86.3 Å². The molecule has 1 N–H and O–H groups in total. The Morgan fingerprint density at radius 2 is 0.852 bits per heavy atom. The summed E-state index contributed by atoms with van der Waals surface area (Å²) in [6.07, 6.45) is 14.2. The maximum Gasteiger partial charge on any atom is 0.277 e. The van der Waals surface area contributed by atoms with Gasteiger partial charge < -0.3 is 29.3 Å². The lowest BCUT2D eigenvalue weighted by molar-refractivity contribution is 0.0654. The van der Waals surface area contributed by atoms with Crippen LogP contribution in [0, 0.1) is 40.8 Å². The van der Waals surface area contributed by atoms with E-state index in [4.69, 9.17) is 9.47 Å². The summed E-state index contributed by atoms with van der Waals surface area (Å²) in [4.78, 5) is 83.3. The lowest BCUT2D eigenvalue weighted by Crippen LogP contribution is -2.63. The third-order valence-corrected chi connectivity index (χ3v) is 22.7. The molecule has 24 heteroatoms. The number of carbonyl (C=O) groups is 3. The number of hydrogen-bond acceptors (Lipinski definition) is 12. The molecule has 4 unspecified atom stereocenters. The Balaban J connectivity index is 0.000000129. The summed E-state index contributed by atoms with van der Waals surface area (Å²) in [5.41, 5.74) is 7.70. The van der Waals surface area contributed by atoms with E-state index in [0.717, 1.165) is 75.8 Å². The molecule has 9 aromatic rings. The van der Waals surface area contributed by atoms with Crippen molar-refractivity contribution in [3.8, 4) is 17.2 Å². The van der Waals surface area contributed by atoms with Crippen LogP contribution in [0.2, 0.25) is 0 Å². The van der Waals surface area contributed by atoms with Crippen LogP contribution >= 0.6 is 0 Å². The number of amides is 3. The van der Waals surface area contributed by atoms with Crippen LogP contribution in [0.5, 0.6) is 17.2 Å². The van der Waals surface area contributed by atoms with E-state index in [-0.39, 0.29) is 84.6 Å². The van der Waals surface area contributed by atoms with Crippen molar-refractivity contribution in [2.45, 2.75) is 110 Å². The van der Waals surface area contributed by atoms with Crippen LogP contribution in [0.15, 0.2) is 172 Å². The van der Waals surface area contributed by atoms with Crippen LogP contribution in [0.4, 0.5) is 26.3 Å². The molecule has 0 spiro atoms. The Kier molecular flexibility index (Phi) is 18.2. The standard InChI is InChI=1S/2C29H27F2N3O3.C25H21F2N3O3.CH4/c2*1-3-5-12-37-27-25(35)10-11-33-26(27)28(36)32(4-2)17-34(33)29-20(13-18-8-6-7-9-21(18)29)14-19-15-23(30)24(31)16-22(19)29;1-2-28-13-30(29-8-7-21(31)23(32)22(29)24(28)33)25-16(9-14-5-3-4-6-17(14)25)10-15-11-19(26)20(27)12-18(15)25;/h6-11,14-16H,3-5,12-13,17H2,1-2H3;6-11,13,15-16H,3-5,12,14,17H2,1-2H3;3-8,11-12,16,32H,2,9-10,13H2,1H3;1H4. The molecular weight excluding hydrogens is 1390 g/mol. The molecule has 18 rings (SSSR count). The van der Waals surface area contributed by atoms with Gasteiger partial charge in [0, 0.05) is 62.3 Å². The monoisotopic (exact) mass is 1470 g/mol. The highest BCUT2D eigenvalue weighted by molar-refractivity contribution is 5.98. The molecule has 6 heterocycles. The minimum absolute atomic E-state index is 0. The number of ether oxygens (including phenoxy) is 2. The Hall–Kier alpha value is -11.6. The zero-order chi connectivity index (χ0) is 74.9. The minimum atomic E-state index is -0.987. The molecule has 9 aliphatic rings. The first-order valence-corrected chi connectivity index (χ1v) is 36.3. The van der Waals surface area contributed by atoms with Crippen molar-refractivity contribution in [3.05, 3.63) is 307 Å². The fraction of sp³-hybridized carbons (Fsp3) is 0.310. The van der Waals surface area contributed by atoms with Crippen molar-refractivity contribution in [1.29, 1.82) is 0 Å². The first-order chi connectivity index (χ1) is 51.7. The third kappa shape index (κ3) is 10.5. The fourth-order valence-electron chi connectivity index (χ4n) is 17.9. The number of fused-ring (bicyclic) bond motifs is 18. The lowest BCUT2D eigenvalue weighted by atomic mass is 9.81. The lowest BCUT2D eigenvalue weighted by Gasteiger charge is -2.50. The van der Waals surface area contributed by atoms with Crippen molar-refractivity contribution in [1.82, 2.24) is 28.7 Å². The summed E-state index contributed by atoms with van der Waals surface area (Å²) in [5, 5.41) is 16.5. The fourth-order valence-corrected chi connectivity index (χ4v) is 17.9. The molecule has 18 nitrogen and oxygen atoms in total. The van der Waals surface area contributed by atoms with Gasteiger partial charge in [0.1, 0.15) is 36.6 Å². The van der Waals surface area contributed by atoms with Gasteiger partial charge in [-0.2, -0.15) is 0 Å². The van der Waals surface area contributed by atoms with Gasteiger partial charge in [0.05, 0.1) is 13.2 Å². The molecule has 3 amide bonds. The Bertz CT molecular complexity index is 5420. The van der Waals surface area contributed by atoms with Crippen molar-refractivity contribution in [2.75, 3.05) is 67.9 Å². The van der Waals surface area contributed by atoms with Crippen molar-refractivity contribution >= 4 is 29.9 Å². The van der Waals surface area contributed by atoms with Crippen molar-refractivity contribution < 1.29 is 55.3 Å². The van der Waals surface area contributed by atoms with E-state index in [2.05, 4.69) is 6.08 Å². The van der Waals surface area contributed by atoms with Gasteiger partial charge in [-0.05, 0) is 174 Å². The largest absolute Gasteiger partial charge is 0.502 e. The highest BCUT2D eigenvalue weighted by atomic mass is 19.2. The van der Waals surface area contributed by atoms with Gasteiger partial charge in [-0.1, -0.05) is 119 Å². The number of carbonyl (C=O) groups excluding carboxylic acids is 3. The quantitative estimate of drug-likeness (QED) is 0.0807. The molecule has 6 aromatic carbocycles. The SMILES string of the molecule is C.CCCCOc1c2n(ccc1=O)N(C13C(=Cc4cc(F)c(F)cc41)Cc1ccccc13)CN(CC)C2=O.CCCCOc1c2n(ccc1=O)N(C13C(=Cc4ccccc41)Cc1cc(F)c(F)cc13)CN(CC)C2=O.CCN1CN(C23c4ccccc4CC2Cc2cc(F)c(F)cc23)n2ccc(=O)c(O)c2C1=O. The van der Waals surface area contributed by atoms with Gasteiger partial charge >= 0.3 is 0 Å². The van der Waals surface area contributed by atoms with Gasteiger partial charge in [-0.3, -0.25) is 57.8 Å². The summed E-state index contributed by atoms with van der Waals surface area (Å²) in [6, 6.07) is 35.3. The van der Waals surface area contributed by atoms with Gasteiger partial charge in [-0.25, -0.2) is 26.3 Å². The van der Waals surface area contributed by atoms with Crippen LogP contribution in [0.3, 0.4) is 0 Å². The van der Waals surface area contributed by atoms with E-state index >= 15 is 0 Å². The van der Waals surface area contributed by atoms with E-state index in [1.807, 2.05) is 129 Å². The van der Waals surface area contributed by atoms with Crippen molar-refractivity contribution in [3.63, 3.8) is 0 Å². The smallest absolute Gasteiger partial charge is 0.277 e. The van der Waals surface area contributed by atoms with Gasteiger partial charge in [-0.15, -0.1) is 0 Å². The number of aromatic nitrogens is 3. The summed E-state index contributed by atoms with van der Waals surface area (Å²) in [6.45, 7) is 11.9. The minimum Gasteiger partial charge on any atom is -0.502 e. The summed E-state index contributed by atoms with van der Waals surface area (Å²) in [7, 11) is 0. The molecule has 0 fully saturated rings. The maximum absolute atomic E-state index is 14.8. The average Bonchev–Trinajstić information content (AvgIpc) is 1.52. The van der Waals surface area contributed by atoms with Crippen molar-refractivity contribution in [2.24, 2.45) is 5.92 Å². The summed E-state index contributed by atoms with van der Waals surface area (Å²) >= 11 is 0. The predicted molar refractivity (Wildman–Crippen MR) is 396 cm³/mol. The molecule has 0 radical (unpaired) electrons. The molecule has 4 atom stereocenters.